The van der Waals surface area contributed by atoms with Crippen LogP contribution in [0.1, 0.15) is 21.5 Å². The van der Waals surface area contributed by atoms with Gasteiger partial charge in [-0.3, -0.25) is 0 Å². The predicted octanol–water partition coefficient (Wildman–Crippen LogP) is 1.21. The zero-order valence-corrected chi connectivity index (χ0v) is 15.5. The maximum Gasteiger partial charge on any atom is 0.338 e. The second-order valence-electron chi connectivity index (χ2n) is 6.77. The molecule has 0 aliphatic carbocycles. The van der Waals surface area contributed by atoms with E-state index in [0.717, 1.165) is 11.1 Å². The fourth-order valence-electron chi connectivity index (χ4n) is 2.90. The monoisotopic (exact) mass is 388 g/mol. The van der Waals surface area contributed by atoms with E-state index < -0.39 is 30.4 Å². The summed E-state index contributed by atoms with van der Waals surface area (Å²) in [5.74, 6) is -0.0482. The summed E-state index contributed by atoms with van der Waals surface area (Å²) < 4.78 is 16.2. The Balaban J connectivity index is 1.60. The maximum atomic E-state index is 12.5. The van der Waals surface area contributed by atoms with Gasteiger partial charge < -0.3 is 29.5 Å². The van der Waals surface area contributed by atoms with E-state index in [-0.39, 0.29) is 13.2 Å². The molecule has 0 aromatic heterocycles. The molecule has 0 unspecified atom stereocenters. The molecule has 4 atom stereocenters. The first kappa shape index (κ1) is 20.3. The van der Waals surface area contributed by atoms with Crippen molar-refractivity contribution in [1.29, 1.82) is 0 Å². The lowest BCUT2D eigenvalue weighted by Crippen LogP contribution is -2.54. The number of benzene rings is 2. The van der Waals surface area contributed by atoms with E-state index in [1.807, 2.05) is 30.3 Å². The Labute approximate surface area is 163 Å². The van der Waals surface area contributed by atoms with Crippen LogP contribution in [0, 0.1) is 6.92 Å². The molecule has 1 fully saturated rings. The third-order valence-electron chi connectivity index (χ3n) is 4.66. The number of hydrogen-bond acceptors (Lipinski definition) is 7. The molecule has 0 saturated carbocycles. The third kappa shape index (κ3) is 4.88. The van der Waals surface area contributed by atoms with Gasteiger partial charge in [-0.15, -0.1) is 0 Å². The summed E-state index contributed by atoms with van der Waals surface area (Å²) in [4.78, 5) is 12.5. The van der Waals surface area contributed by atoms with Crippen molar-refractivity contribution in [2.24, 2.45) is 0 Å². The molecule has 0 spiro atoms. The van der Waals surface area contributed by atoms with Gasteiger partial charge in [0.2, 0.25) is 0 Å². The van der Waals surface area contributed by atoms with Gasteiger partial charge in [0.1, 0.15) is 43.4 Å². The van der Waals surface area contributed by atoms with Crippen molar-refractivity contribution in [2.45, 2.75) is 37.9 Å². The van der Waals surface area contributed by atoms with Crippen molar-refractivity contribution in [3.8, 4) is 5.75 Å². The minimum Gasteiger partial charge on any atom is -0.489 e. The van der Waals surface area contributed by atoms with Crippen molar-refractivity contribution in [2.75, 3.05) is 13.2 Å². The number of hydrogen-bond donors (Lipinski definition) is 3. The van der Waals surface area contributed by atoms with Crippen molar-refractivity contribution in [3.05, 3.63) is 65.2 Å². The number of rotatable bonds is 6. The standard InChI is InChI=1S/C21H24O7/c1-13-7-8-15(26-10-14-5-3-2-4-6-14)9-16(13)21(25)28-12-18-20(24)19(23)17(22)11-27-18/h2-9,17-20,22-24H,10-12H2,1H3/t17-,18+,19+,20-/m0/s1. The first-order valence-corrected chi connectivity index (χ1v) is 9.06. The molecule has 0 amide bonds. The minimum absolute atomic E-state index is 0.137. The fraction of sp³-hybridized carbons (Fsp3) is 0.381. The third-order valence-corrected chi connectivity index (χ3v) is 4.66. The molecule has 1 heterocycles. The number of carbonyl (C=O) groups is 1. The van der Waals surface area contributed by atoms with E-state index in [4.69, 9.17) is 14.2 Å². The highest BCUT2D eigenvalue weighted by atomic mass is 16.6. The van der Waals surface area contributed by atoms with Gasteiger partial charge in [0.15, 0.2) is 0 Å². The molecule has 1 saturated heterocycles. The van der Waals surface area contributed by atoms with Crippen LogP contribution in [0.4, 0.5) is 0 Å². The van der Waals surface area contributed by atoms with Gasteiger partial charge in [-0.2, -0.15) is 0 Å². The zero-order valence-electron chi connectivity index (χ0n) is 15.5. The van der Waals surface area contributed by atoms with Gasteiger partial charge in [0, 0.05) is 0 Å². The first-order chi connectivity index (χ1) is 13.5. The zero-order chi connectivity index (χ0) is 20.1. The molecule has 0 radical (unpaired) electrons. The van der Waals surface area contributed by atoms with Crippen LogP contribution in [-0.2, 0) is 16.1 Å². The quantitative estimate of drug-likeness (QED) is 0.639. The van der Waals surface area contributed by atoms with Gasteiger partial charge in [-0.25, -0.2) is 4.79 Å². The van der Waals surface area contributed by atoms with Crippen molar-refractivity contribution in [1.82, 2.24) is 0 Å². The van der Waals surface area contributed by atoms with Crippen molar-refractivity contribution >= 4 is 5.97 Å². The molecule has 1 aliphatic heterocycles. The Morgan fingerprint density at radius 1 is 1.11 bits per heavy atom. The molecule has 150 valence electrons. The number of aliphatic hydroxyl groups excluding tert-OH is 3. The number of aryl methyl sites for hydroxylation is 1. The SMILES string of the molecule is Cc1ccc(OCc2ccccc2)cc1C(=O)OC[C@H]1OC[C@H](O)[C@@H](O)[C@H]1O. The summed E-state index contributed by atoms with van der Waals surface area (Å²) in [5.41, 5.74) is 2.07. The Morgan fingerprint density at radius 3 is 2.61 bits per heavy atom. The topological polar surface area (TPSA) is 105 Å². The van der Waals surface area contributed by atoms with E-state index in [0.29, 0.717) is 17.9 Å². The smallest absolute Gasteiger partial charge is 0.338 e. The van der Waals surface area contributed by atoms with Crippen LogP contribution < -0.4 is 4.74 Å². The molecule has 1 aliphatic rings. The summed E-state index contributed by atoms with van der Waals surface area (Å²) in [6.45, 7) is 1.78. The highest BCUT2D eigenvalue weighted by Gasteiger charge is 2.38. The molecule has 0 bridgehead atoms. The van der Waals surface area contributed by atoms with Gasteiger partial charge in [0.25, 0.3) is 0 Å². The van der Waals surface area contributed by atoms with Gasteiger partial charge >= 0.3 is 5.97 Å². The highest BCUT2D eigenvalue weighted by Crippen LogP contribution is 2.21. The Hall–Kier alpha value is -2.45. The molecule has 7 nitrogen and oxygen atoms in total. The highest BCUT2D eigenvalue weighted by molar-refractivity contribution is 5.91. The van der Waals surface area contributed by atoms with Crippen LogP contribution in [0.2, 0.25) is 0 Å². The fourth-order valence-corrected chi connectivity index (χ4v) is 2.90. The van der Waals surface area contributed by atoms with Crippen LogP contribution in [0.15, 0.2) is 48.5 Å². The number of aliphatic hydroxyl groups is 3. The van der Waals surface area contributed by atoms with Crippen molar-refractivity contribution in [3.63, 3.8) is 0 Å². The van der Waals surface area contributed by atoms with E-state index >= 15 is 0 Å². The van der Waals surface area contributed by atoms with E-state index in [1.165, 1.54) is 0 Å². The van der Waals surface area contributed by atoms with Gasteiger partial charge in [-0.1, -0.05) is 36.4 Å². The number of carbonyl (C=O) groups excluding carboxylic acids is 1. The van der Waals surface area contributed by atoms with Gasteiger partial charge in [0.05, 0.1) is 12.2 Å². The van der Waals surface area contributed by atoms with Crippen LogP contribution in [0.3, 0.4) is 0 Å². The Morgan fingerprint density at radius 2 is 1.86 bits per heavy atom. The lowest BCUT2D eigenvalue weighted by Gasteiger charge is -2.34. The van der Waals surface area contributed by atoms with E-state index in [9.17, 15) is 20.1 Å². The van der Waals surface area contributed by atoms with Crippen LogP contribution >= 0.6 is 0 Å². The lowest BCUT2D eigenvalue weighted by molar-refractivity contribution is -0.195. The van der Waals surface area contributed by atoms with E-state index in [1.54, 1.807) is 25.1 Å². The summed E-state index contributed by atoms with van der Waals surface area (Å²) >= 11 is 0. The molecule has 7 heteroatoms. The number of ether oxygens (including phenoxy) is 3. The van der Waals surface area contributed by atoms with Gasteiger partial charge in [-0.05, 0) is 30.2 Å². The molecule has 28 heavy (non-hydrogen) atoms. The second-order valence-corrected chi connectivity index (χ2v) is 6.77. The largest absolute Gasteiger partial charge is 0.489 e. The maximum absolute atomic E-state index is 12.5. The van der Waals surface area contributed by atoms with Crippen LogP contribution in [-0.4, -0.2) is 58.9 Å². The second kappa shape index (κ2) is 9.16. The molecular weight excluding hydrogens is 364 g/mol. The van der Waals surface area contributed by atoms with Crippen LogP contribution in [0.5, 0.6) is 5.75 Å². The summed E-state index contributed by atoms with van der Waals surface area (Å²) in [6.07, 6.45) is -4.74. The Kier molecular flexibility index (Phi) is 6.64. The Bertz CT molecular complexity index is 793. The van der Waals surface area contributed by atoms with E-state index in [2.05, 4.69) is 0 Å². The molecule has 3 N–H and O–H groups in total. The van der Waals surface area contributed by atoms with Crippen LogP contribution in [0.25, 0.3) is 0 Å². The van der Waals surface area contributed by atoms with Crippen molar-refractivity contribution < 1.29 is 34.3 Å². The predicted molar refractivity (Wildman–Crippen MR) is 100.0 cm³/mol. The normalized spacial score (nSPS) is 24.6. The minimum atomic E-state index is -1.34. The average Bonchev–Trinajstić information content (AvgIpc) is 2.71. The molecule has 3 rings (SSSR count). The summed E-state index contributed by atoms with van der Waals surface area (Å²) in [5, 5.41) is 29.1. The molecular formula is C21H24O7. The lowest BCUT2D eigenvalue weighted by atomic mass is 10.0. The molecule has 2 aromatic rings. The first-order valence-electron chi connectivity index (χ1n) is 9.06. The summed E-state index contributed by atoms with van der Waals surface area (Å²) in [6, 6.07) is 14.8. The average molecular weight is 388 g/mol. The number of esters is 1. The molecule has 2 aromatic carbocycles. The summed E-state index contributed by atoms with van der Waals surface area (Å²) in [7, 11) is 0.